The highest BCUT2D eigenvalue weighted by molar-refractivity contribution is 6.34. The average Bonchev–Trinajstić information content (AvgIpc) is 3.40. The van der Waals surface area contributed by atoms with E-state index in [2.05, 4.69) is 20.0 Å². The summed E-state index contributed by atoms with van der Waals surface area (Å²) in [6.45, 7) is 2.25. The van der Waals surface area contributed by atoms with E-state index >= 15 is 0 Å². The molecule has 0 unspecified atom stereocenters. The second kappa shape index (κ2) is 8.05. The Morgan fingerprint density at radius 3 is 2.66 bits per heavy atom. The minimum atomic E-state index is -0.308. The van der Waals surface area contributed by atoms with Crippen molar-refractivity contribution in [1.29, 1.82) is 0 Å². The Labute approximate surface area is 172 Å². The smallest absolute Gasteiger partial charge is 0.257 e. The van der Waals surface area contributed by atoms with Crippen molar-refractivity contribution in [2.75, 3.05) is 16.8 Å². The number of halogens is 1. The number of pyridine rings is 1. The highest BCUT2D eigenvalue weighted by atomic mass is 35.5. The SMILES string of the molecule is CC(=O)N(CC1CC1)c1ccc(-c2ccc(C(=O)Nc3cnoc3)cn2)cc1Cl. The molecule has 1 aliphatic rings. The van der Waals surface area contributed by atoms with Gasteiger partial charge in [-0.05, 0) is 43.0 Å². The first-order valence-electron chi connectivity index (χ1n) is 9.26. The Morgan fingerprint density at radius 2 is 2.07 bits per heavy atom. The Morgan fingerprint density at radius 1 is 1.24 bits per heavy atom. The van der Waals surface area contributed by atoms with Crippen LogP contribution in [0.25, 0.3) is 11.3 Å². The normalized spacial score (nSPS) is 13.2. The number of benzene rings is 1. The van der Waals surface area contributed by atoms with Gasteiger partial charge < -0.3 is 14.7 Å². The molecule has 148 valence electrons. The van der Waals surface area contributed by atoms with Crippen molar-refractivity contribution >= 4 is 34.8 Å². The van der Waals surface area contributed by atoms with E-state index in [1.54, 1.807) is 30.0 Å². The Balaban J connectivity index is 1.51. The molecule has 1 saturated carbocycles. The van der Waals surface area contributed by atoms with Gasteiger partial charge in [-0.1, -0.05) is 22.8 Å². The van der Waals surface area contributed by atoms with Gasteiger partial charge in [0, 0.05) is 25.2 Å². The first-order valence-corrected chi connectivity index (χ1v) is 9.64. The van der Waals surface area contributed by atoms with E-state index in [1.165, 1.54) is 18.7 Å². The molecule has 1 N–H and O–H groups in total. The largest absolute Gasteiger partial charge is 0.363 e. The van der Waals surface area contributed by atoms with E-state index in [-0.39, 0.29) is 11.8 Å². The van der Waals surface area contributed by atoms with E-state index in [4.69, 9.17) is 11.6 Å². The maximum absolute atomic E-state index is 12.2. The molecule has 29 heavy (non-hydrogen) atoms. The van der Waals surface area contributed by atoms with Gasteiger partial charge in [0.1, 0.15) is 12.0 Å². The van der Waals surface area contributed by atoms with Crippen LogP contribution in [0.15, 0.2) is 53.5 Å². The molecule has 0 aliphatic heterocycles. The predicted octanol–water partition coefficient (Wildman–Crippen LogP) is 4.41. The van der Waals surface area contributed by atoms with Crippen LogP contribution in [0, 0.1) is 5.92 Å². The summed E-state index contributed by atoms with van der Waals surface area (Å²) in [5, 5.41) is 6.70. The van der Waals surface area contributed by atoms with Crippen LogP contribution in [0.5, 0.6) is 0 Å². The molecule has 0 spiro atoms. The molecule has 2 aromatic heterocycles. The molecule has 1 fully saturated rings. The van der Waals surface area contributed by atoms with Gasteiger partial charge in [0.15, 0.2) is 0 Å². The fraction of sp³-hybridized carbons (Fsp3) is 0.238. The van der Waals surface area contributed by atoms with Gasteiger partial charge in [0.25, 0.3) is 5.91 Å². The van der Waals surface area contributed by atoms with Crippen molar-refractivity contribution in [3.8, 4) is 11.3 Å². The molecule has 0 atom stereocenters. The van der Waals surface area contributed by atoms with Gasteiger partial charge in [0.05, 0.1) is 28.2 Å². The number of hydrogen-bond acceptors (Lipinski definition) is 5. The maximum Gasteiger partial charge on any atom is 0.257 e. The molecule has 0 radical (unpaired) electrons. The number of anilines is 2. The molecule has 0 saturated heterocycles. The van der Waals surface area contributed by atoms with Crippen molar-refractivity contribution in [2.45, 2.75) is 19.8 Å². The van der Waals surface area contributed by atoms with Gasteiger partial charge in [-0.3, -0.25) is 14.6 Å². The Kier molecular flexibility index (Phi) is 5.31. The minimum absolute atomic E-state index is 0.0205. The summed E-state index contributed by atoms with van der Waals surface area (Å²) in [5.41, 5.74) is 3.07. The van der Waals surface area contributed by atoms with Crippen molar-refractivity contribution in [3.05, 3.63) is 59.6 Å². The summed E-state index contributed by atoms with van der Waals surface area (Å²) in [6.07, 6.45) is 6.56. The van der Waals surface area contributed by atoms with Crippen molar-refractivity contribution in [1.82, 2.24) is 10.1 Å². The lowest BCUT2D eigenvalue weighted by Gasteiger charge is -2.22. The van der Waals surface area contributed by atoms with Crippen LogP contribution in [-0.4, -0.2) is 28.5 Å². The summed E-state index contributed by atoms with van der Waals surface area (Å²) in [7, 11) is 0. The van der Waals surface area contributed by atoms with Gasteiger partial charge in [0.2, 0.25) is 5.91 Å². The van der Waals surface area contributed by atoms with Crippen molar-refractivity contribution in [2.24, 2.45) is 5.92 Å². The quantitative estimate of drug-likeness (QED) is 0.650. The second-order valence-electron chi connectivity index (χ2n) is 7.04. The van der Waals surface area contributed by atoms with Crippen LogP contribution in [0.2, 0.25) is 5.02 Å². The molecular weight excluding hydrogens is 392 g/mol. The molecule has 1 aliphatic carbocycles. The van der Waals surface area contributed by atoms with Crippen molar-refractivity contribution < 1.29 is 14.1 Å². The van der Waals surface area contributed by atoms with Crippen LogP contribution >= 0.6 is 11.6 Å². The number of nitrogens with zero attached hydrogens (tertiary/aromatic N) is 3. The fourth-order valence-corrected chi connectivity index (χ4v) is 3.29. The molecule has 1 aromatic carbocycles. The van der Waals surface area contributed by atoms with Crippen LogP contribution < -0.4 is 10.2 Å². The summed E-state index contributed by atoms with van der Waals surface area (Å²) in [4.78, 5) is 30.3. The lowest BCUT2D eigenvalue weighted by molar-refractivity contribution is -0.116. The molecule has 7 nitrogen and oxygen atoms in total. The van der Waals surface area contributed by atoms with Crippen LogP contribution in [0.1, 0.15) is 30.1 Å². The standard InChI is InChI=1S/C21H19ClN4O3/c1-13(27)26(11-14-2-3-14)20-7-5-15(8-18(20)22)19-6-4-16(9-23-19)21(28)25-17-10-24-29-12-17/h4-10,12,14H,2-3,11H2,1H3,(H,25,28). The summed E-state index contributed by atoms with van der Waals surface area (Å²) < 4.78 is 4.69. The summed E-state index contributed by atoms with van der Waals surface area (Å²) >= 11 is 6.48. The molecule has 4 rings (SSSR count). The van der Waals surface area contributed by atoms with Crippen molar-refractivity contribution in [3.63, 3.8) is 0 Å². The van der Waals surface area contributed by atoms with E-state index < -0.39 is 0 Å². The molecule has 0 bridgehead atoms. The molecule has 2 amide bonds. The van der Waals surface area contributed by atoms with E-state index in [1.807, 2.05) is 12.1 Å². The van der Waals surface area contributed by atoms with Crippen LogP contribution in [0.4, 0.5) is 11.4 Å². The predicted molar refractivity (Wildman–Crippen MR) is 110 cm³/mol. The number of aromatic nitrogens is 2. The fourth-order valence-electron chi connectivity index (χ4n) is 3.01. The molecule has 8 heteroatoms. The number of nitrogens with one attached hydrogen (secondary N) is 1. The average molecular weight is 411 g/mol. The van der Waals surface area contributed by atoms with Crippen LogP contribution in [0.3, 0.4) is 0 Å². The minimum Gasteiger partial charge on any atom is -0.363 e. The zero-order chi connectivity index (χ0) is 20.4. The van der Waals surface area contributed by atoms with Crippen LogP contribution in [-0.2, 0) is 4.79 Å². The lowest BCUT2D eigenvalue weighted by atomic mass is 10.1. The first-order chi connectivity index (χ1) is 14.0. The van der Waals surface area contributed by atoms with E-state index in [9.17, 15) is 9.59 Å². The van der Waals surface area contributed by atoms with E-state index in [0.29, 0.717) is 40.1 Å². The zero-order valence-corrected chi connectivity index (χ0v) is 16.5. The third-order valence-corrected chi connectivity index (χ3v) is 5.07. The Bertz CT molecular complexity index is 1030. The van der Waals surface area contributed by atoms with Gasteiger partial charge in [-0.25, -0.2) is 0 Å². The monoisotopic (exact) mass is 410 g/mol. The Hall–Kier alpha value is -3.19. The number of rotatable bonds is 6. The van der Waals surface area contributed by atoms with Gasteiger partial charge in [-0.2, -0.15) is 0 Å². The summed E-state index contributed by atoms with van der Waals surface area (Å²) in [5.74, 6) is 0.235. The first kappa shape index (κ1) is 19.1. The number of hydrogen-bond donors (Lipinski definition) is 1. The molecule has 3 aromatic rings. The summed E-state index contributed by atoms with van der Waals surface area (Å²) in [6, 6.07) is 8.95. The number of amides is 2. The van der Waals surface area contributed by atoms with Gasteiger partial charge in [-0.15, -0.1) is 0 Å². The third kappa shape index (κ3) is 4.46. The maximum atomic E-state index is 12.2. The highest BCUT2D eigenvalue weighted by Crippen LogP contribution is 2.35. The number of carbonyl (C=O) groups is 2. The van der Waals surface area contributed by atoms with E-state index in [0.717, 1.165) is 18.4 Å². The highest BCUT2D eigenvalue weighted by Gasteiger charge is 2.27. The number of carbonyl (C=O) groups excluding carboxylic acids is 2. The topological polar surface area (TPSA) is 88.3 Å². The third-order valence-electron chi connectivity index (χ3n) is 4.77. The molecular formula is C21H19ClN4O3. The zero-order valence-electron chi connectivity index (χ0n) is 15.8. The van der Waals surface area contributed by atoms with Gasteiger partial charge >= 0.3 is 0 Å². The lowest BCUT2D eigenvalue weighted by Crippen LogP contribution is -2.30. The second-order valence-corrected chi connectivity index (χ2v) is 7.45. The molecule has 2 heterocycles.